The highest BCUT2D eigenvalue weighted by Gasteiger charge is 2.26. The minimum Gasteiger partial charge on any atom is -0.454 e. The number of aryl methyl sites for hydroxylation is 1. The van der Waals surface area contributed by atoms with Gasteiger partial charge in [0.25, 0.3) is 0 Å². The molecule has 1 aliphatic rings. The maximum atomic E-state index is 13.1. The average Bonchev–Trinajstić information content (AvgIpc) is 3.17. The molecule has 0 saturated carbocycles. The molecule has 6 nitrogen and oxygen atoms in total. The lowest BCUT2D eigenvalue weighted by atomic mass is 10.1. The number of hydrogen-bond acceptors (Lipinski definition) is 4. The molecule has 0 fully saturated rings. The van der Waals surface area contributed by atoms with Crippen LogP contribution in [-0.2, 0) is 22.6 Å². The molecule has 0 saturated heterocycles. The number of carbonyl (C=O) groups is 2. The Morgan fingerprint density at radius 3 is 2.57 bits per heavy atom. The highest BCUT2D eigenvalue weighted by Crippen LogP contribution is 2.32. The van der Waals surface area contributed by atoms with Crippen molar-refractivity contribution in [2.45, 2.75) is 52.2 Å². The van der Waals surface area contributed by atoms with E-state index in [1.165, 1.54) is 0 Å². The third kappa shape index (κ3) is 5.75. The summed E-state index contributed by atoms with van der Waals surface area (Å²) in [5, 5.41) is 2.90. The molecule has 2 amide bonds. The van der Waals surface area contributed by atoms with Gasteiger partial charge in [-0.15, -0.1) is 0 Å². The Hall–Kier alpha value is -2.54. The second-order valence-corrected chi connectivity index (χ2v) is 8.59. The molecule has 2 aromatic rings. The fraction of sp³-hybridized carbons (Fsp3) is 0.391. The molecule has 1 heterocycles. The third-order valence-corrected chi connectivity index (χ3v) is 5.40. The van der Waals surface area contributed by atoms with Crippen LogP contribution in [0.5, 0.6) is 11.5 Å². The van der Waals surface area contributed by atoms with Gasteiger partial charge in [0, 0.05) is 23.5 Å². The molecular formula is C23H27BrN2O4. The van der Waals surface area contributed by atoms with E-state index in [-0.39, 0.29) is 24.6 Å². The monoisotopic (exact) mass is 474 g/mol. The number of nitrogens with zero attached hydrogens (tertiary/aromatic N) is 1. The van der Waals surface area contributed by atoms with Crippen LogP contribution in [0.2, 0.25) is 0 Å². The van der Waals surface area contributed by atoms with Gasteiger partial charge in [-0.1, -0.05) is 34.1 Å². The van der Waals surface area contributed by atoms with Crippen LogP contribution in [0.15, 0.2) is 46.9 Å². The fourth-order valence-electron chi connectivity index (χ4n) is 3.31. The quantitative estimate of drug-likeness (QED) is 0.626. The van der Waals surface area contributed by atoms with Crippen LogP contribution in [-0.4, -0.2) is 35.6 Å². The molecule has 1 N–H and O–H groups in total. The van der Waals surface area contributed by atoms with E-state index >= 15 is 0 Å². The molecular weight excluding hydrogens is 448 g/mol. The van der Waals surface area contributed by atoms with Crippen LogP contribution in [0.1, 0.15) is 38.3 Å². The molecule has 0 bridgehead atoms. The summed E-state index contributed by atoms with van der Waals surface area (Å²) in [6.45, 7) is 6.18. The summed E-state index contributed by atoms with van der Waals surface area (Å²) in [6, 6.07) is 12.9. The zero-order valence-electron chi connectivity index (χ0n) is 17.5. The molecule has 0 spiro atoms. The lowest BCUT2D eigenvalue weighted by Gasteiger charge is -2.29. The number of nitrogens with one attached hydrogen (secondary N) is 1. The Bertz CT molecular complexity index is 916. The summed E-state index contributed by atoms with van der Waals surface area (Å²) < 4.78 is 11.7. The topological polar surface area (TPSA) is 67.9 Å². The van der Waals surface area contributed by atoms with Gasteiger partial charge in [-0.2, -0.15) is 0 Å². The molecule has 0 radical (unpaired) electrons. The first-order valence-electron chi connectivity index (χ1n) is 10.1. The number of halogens is 1. The highest BCUT2D eigenvalue weighted by atomic mass is 79.9. The van der Waals surface area contributed by atoms with Gasteiger partial charge >= 0.3 is 0 Å². The molecule has 7 heteroatoms. The van der Waals surface area contributed by atoms with Gasteiger partial charge in [0.15, 0.2) is 11.5 Å². The molecule has 30 heavy (non-hydrogen) atoms. The third-order valence-electron chi connectivity index (χ3n) is 4.90. The maximum absolute atomic E-state index is 13.1. The van der Waals surface area contributed by atoms with Gasteiger partial charge in [0.2, 0.25) is 18.6 Å². The van der Waals surface area contributed by atoms with Crippen molar-refractivity contribution in [1.29, 1.82) is 0 Å². The van der Waals surface area contributed by atoms with E-state index in [0.29, 0.717) is 25.1 Å². The van der Waals surface area contributed by atoms with E-state index in [2.05, 4.69) is 21.2 Å². The Labute approximate surface area is 185 Å². The van der Waals surface area contributed by atoms with E-state index in [1.54, 1.807) is 11.8 Å². The predicted octanol–water partition coefficient (Wildman–Crippen LogP) is 4.05. The first-order valence-corrected chi connectivity index (χ1v) is 10.9. The van der Waals surface area contributed by atoms with Crippen LogP contribution in [0.3, 0.4) is 0 Å². The highest BCUT2D eigenvalue weighted by molar-refractivity contribution is 9.10. The summed E-state index contributed by atoms with van der Waals surface area (Å²) >= 11 is 3.47. The van der Waals surface area contributed by atoms with Gasteiger partial charge in [-0.3, -0.25) is 9.59 Å². The number of amides is 2. The second kappa shape index (κ2) is 9.98. The van der Waals surface area contributed by atoms with E-state index in [1.807, 2.05) is 56.3 Å². The maximum Gasteiger partial charge on any atom is 0.242 e. The van der Waals surface area contributed by atoms with Gasteiger partial charge in [0.05, 0.1) is 0 Å². The lowest BCUT2D eigenvalue weighted by Crippen LogP contribution is -2.49. The summed E-state index contributed by atoms with van der Waals surface area (Å²) in [6.07, 6.45) is 0.857. The fourth-order valence-corrected chi connectivity index (χ4v) is 3.76. The summed E-state index contributed by atoms with van der Waals surface area (Å²) in [4.78, 5) is 27.4. The number of hydrogen-bond donors (Lipinski definition) is 1. The van der Waals surface area contributed by atoms with Crippen LogP contribution in [0, 0.1) is 0 Å². The summed E-state index contributed by atoms with van der Waals surface area (Å²) in [5.74, 6) is 1.20. The first-order chi connectivity index (χ1) is 14.3. The van der Waals surface area contributed by atoms with Gasteiger partial charge < -0.3 is 19.7 Å². The van der Waals surface area contributed by atoms with Crippen molar-refractivity contribution >= 4 is 27.7 Å². The number of rotatable bonds is 8. The van der Waals surface area contributed by atoms with Crippen molar-refractivity contribution in [2.75, 3.05) is 6.79 Å². The number of fused-ring (bicyclic) bond motifs is 1. The van der Waals surface area contributed by atoms with Crippen LogP contribution >= 0.6 is 15.9 Å². The van der Waals surface area contributed by atoms with Crippen molar-refractivity contribution in [3.05, 3.63) is 58.1 Å². The van der Waals surface area contributed by atoms with Crippen LogP contribution < -0.4 is 14.8 Å². The Balaban J connectivity index is 1.72. The van der Waals surface area contributed by atoms with Gasteiger partial charge in [-0.25, -0.2) is 0 Å². The zero-order valence-corrected chi connectivity index (χ0v) is 19.1. The van der Waals surface area contributed by atoms with Crippen molar-refractivity contribution in [1.82, 2.24) is 10.2 Å². The Morgan fingerprint density at radius 2 is 1.83 bits per heavy atom. The first kappa shape index (κ1) is 22.2. The predicted molar refractivity (Wildman–Crippen MR) is 118 cm³/mol. The smallest absolute Gasteiger partial charge is 0.242 e. The standard InChI is InChI=1S/C23H27BrN2O4/c1-15(2)25-23(28)16(3)26(13-18-5-4-6-19(24)11-18)22(27)10-8-17-7-9-20-21(12-17)30-14-29-20/h4-7,9,11-12,15-16H,8,10,13-14H2,1-3H3,(H,25,28)/t16-/m1/s1. The van der Waals surface area contributed by atoms with Gasteiger partial charge in [0.1, 0.15) is 6.04 Å². The molecule has 1 aliphatic heterocycles. The Kier molecular flexibility index (Phi) is 7.37. The van der Waals surface area contributed by atoms with E-state index in [0.717, 1.165) is 21.3 Å². The SMILES string of the molecule is CC(C)NC(=O)[C@@H](C)N(Cc1cccc(Br)c1)C(=O)CCc1ccc2c(c1)OCO2. The van der Waals surface area contributed by atoms with E-state index in [9.17, 15) is 9.59 Å². The van der Waals surface area contributed by atoms with Crippen LogP contribution in [0.4, 0.5) is 0 Å². The molecule has 3 rings (SSSR count). The minimum absolute atomic E-state index is 0.0106. The average molecular weight is 475 g/mol. The minimum atomic E-state index is -0.573. The van der Waals surface area contributed by atoms with E-state index in [4.69, 9.17) is 9.47 Å². The molecule has 1 atom stereocenters. The van der Waals surface area contributed by atoms with Crippen molar-refractivity contribution < 1.29 is 19.1 Å². The largest absolute Gasteiger partial charge is 0.454 e. The molecule has 0 unspecified atom stereocenters. The molecule has 160 valence electrons. The van der Waals surface area contributed by atoms with Crippen LogP contribution in [0.25, 0.3) is 0 Å². The van der Waals surface area contributed by atoms with Crippen molar-refractivity contribution in [2.24, 2.45) is 0 Å². The molecule has 0 aliphatic carbocycles. The lowest BCUT2D eigenvalue weighted by molar-refractivity contribution is -0.140. The molecule has 2 aromatic carbocycles. The van der Waals surface area contributed by atoms with E-state index < -0.39 is 6.04 Å². The number of carbonyl (C=O) groups excluding carboxylic acids is 2. The normalized spacial score (nSPS) is 13.2. The second-order valence-electron chi connectivity index (χ2n) is 7.68. The number of ether oxygens (including phenoxy) is 2. The number of benzene rings is 2. The summed E-state index contributed by atoms with van der Waals surface area (Å²) in [7, 11) is 0. The van der Waals surface area contributed by atoms with Crippen molar-refractivity contribution in [3.63, 3.8) is 0 Å². The zero-order chi connectivity index (χ0) is 21.7. The summed E-state index contributed by atoms with van der Waals surface area (Å²) in [5.41, 5.74) is 1.96. The molecule has 0 aromatic heterocycles. The van der Waals surface area contributed by atoms with Gasteiger partial charge in [-0.05, 0) is 62.6 Å². The van der Waals surface area contributed by atoms with Crippen molar-refractivity contribution in [3.8, 4) is 11.5 Å². The Morgan fingerprint density at radius 1 is 1.07 bits per heavy atom.